The van der Waals surface area contributed by atoms with Gasteiger partial charge in [0.05, 0.1) is 11.4 Å². The average Bonchev–Trinajstić information content (AvgIpc) is 2.69. The lowest BCUT2D eigenvalue weighted by Crippen LogP contribution is -1.92. The molecule has 0 bridgehead atoms. The largest absolute Gasteiger partial charge is 0.264 e. The van der Waals surface area contributed by atoms with Crippen LogP contribution in [-0.2, 0) is 0 Å². The molecule has 0 fully saturated rings. The Bertz CT molecular complexity index is 933. The molecule has 2 aromatic heterocycles. The van der Waals surface area contributed by atoms with Gasteiger partial charge in [0.1, 0.15) is 0 Å². The first-order chi connectivity index (χ1) is 11.9. The van der Waals surface area contributed by atoms with Crippen molar-refractivity contribution in [3.8, 4) is 33.6 Å². The third-order valence-corrected chi connectivity index (χ3v) is 3.98. The molecule has 4 aromatic rings. The number of hydrogen-bond acceptors (Lipinski definition) is 2. The third-order valence-electron chi connectivity index (χ3n) is 3.98. The lowest BCUT2D eigenvalue weighted by Gasteiger charge is -2.12. The molecule has 0 saturated heterocycles. The van der Waals surface area contributed by atoms with E-state index in [1.807, 2.05) is 42.6 Å². The van der Waals surface area contributed by atoms with Crippen LogP contribution in [0.5, 0.6) is 0 Å². The van der Waals surface area contributed by atoms with Gasteiger partial charge in [0, 0.05) is 29.1 Å². The number of nitrogens with zero attached hydrogens (tertiary/aromatic N) is 2. The molecule has 0 N–H and O–H groups in total. The first-order valence-corrected chi connectivity index (χ1v) is 7.94. The van der Waals surface area contributed by atoms with Gasteiger partial charge in [-0.15, -0.1) is 0 Å². The first kappa shape index (κ1) is 14.3. The molecule has 0 aliphatic carbocycles. The minimum atomic E-state index is 0.932. The van der Waals surface area contributed by atoms with Gasteiger partial charge in [-0.2, -0.15) is 0 Å². The molecule has 0 spiro atoms. The van der Waals surface area contributed by atoms with E-state index in [0.29, 0.717) is 0 Å². The summed E-state index contributed by atoms with van der Waals surface area (Å²) in [5.74, 6) is 0. The summed E-state index contributed by atoms with van der Waals surface area (Å²) in [6.07, 6.45) is 3.62. The maximum atomic E-state index is 4.95. The number of aromatic nitrogens is 2. The molecular formula is C22H16N2. The van der Waals surface area contributed by atoms with E-state index in [9.17, 15) is 0 Å². The van der Waals surface area contributed by atoms with E-state index in [1.165, 1.54) is 5.56 Å². The normalized spacial score (nSPS) is 10.5. The zero-order valence-electron chi connectivity index (χ0n) is 13.1. The van der Waals surface area contributed by atoms with Crippen LogP contribution in [0.3, 0.4) is 0 Å². The van der Waals surface area contributed by atoms with Crippen LogP contribution < -0.4 is 0 Å². The van der Waals surface area contributed by atoms with Gasteiger partial charge in [-0.3, -0.25) is 4.98 Å². The lowest BCUT2D eigenvalue weighted by atomic mass is 9.98. The Labute approximate surface area is 141 Å². The van der Waals surface area contributed by atoms with Gasteiger partial charge < -0.3 is 0 Å². The van der Waals surface area contributed by atoms with Crippen molar-refractivity contribution in [1.82, 2.24) is 9.97 Å². The maximum absolute atomic E-state index is 4.95. The van der Waals surface area contributed by atoms with Crippen LogP contribution in [0.4, 0.5) is 0 Å². The Balaban J connectivity index is 1.92. The molecule has 2 aromatic carbocycles. The molecule has 2 nitrogen and oxygen atoms in total. The summed E-state index contributed by atoms with van der Waals surface area (Å²) >= 11 is 0. The number of rotatable bonds is 3. The molecule has 4 rings (SSSR count). The monoisotopic (exact) mass is 308 g/mol. The zero-order valence-corrected chi connectivity index (χ0v) is 13.1. The predicted octanol–water partition coefficient (Wildman–Crippen LogP) is 5.48. The minimum Gasteiger partial charge on any atom is -0.264 e. The molecule has 0 aliphatic rings. The van der Waals surface area contributed by atoms with E-state index in [-0.39, 0.29) is 0 Å². The molecular weight excluding hydrogens is 292 g/mol. The van der Waals surface area contributed by atoms with E-state index in [2.05, 4.69) is 53.5 Å². The van der Waals surface area contributed by atoms with Crippen molar-refractivity contribution in [2.24, 2.45) is 0 Å². The van der Waals surface area contributed by atoms with Crippen molar-refractivity contribution in [2.45, 2.75) is 0 Å². The molecule has 114 valence electrons. The van der Waals surface area contributed by atoms with Gasteiger partial charge in [-0.25, -0.2) is 4.98 Å². The summed E-state index contributed by atoms with van der Waals surface area (Å²) < 4.78 is 0. The number of hydrogen-bond donors (Lipinski definition) is 0. The Morgan fingerprint density at radius 1 is 0.542 bits per heavy atom. The summed E-state index contributed by atoms with van der Waals surface area (Å²) in [5.41, 5.74) is 6.36. The van der Waals surface area contributed by atoms with Crippen molar-refractivity contribution in [3.05, 3.63) is 97.3 Å². The fourth-order valence-electron chi connectivity index (χ4n) is 2.80. The van der Waals surface area contributed by atoms with Gasteiger partial charge in [0.25, 0.3) is 0 Å². The molecule has 2 heterocycles. The Morgan fingerprint density at radius 2 is 1.21 bits per heavy atom. The molecule has 0 amide bonds. The highest BCUT2D eigenvalue weighted by Gasteiger charge is 2.11. The second-order valence-corrected chi connectivity index (χ2v) is 5.57. The molecule has 0 aliphatic heterocycles. The Hall–Kier alpha value is -3.26. The van der Waals surface area contributed by atoms with E-state index in [0.717, 1.165) is 28.1 Å². The molecule has 0 saturated carbocycles. The van der Waals surface area contributed by atoms with Gasteiger partial charge in [-0.05, 0) is 23.8 Å². The van der Waals surface area contributed by atoms with E-state index < -0.39 is 0 Å². The van der Waals surface area contributed by atoms with Gasteiger partial charge in [0.15, 0.2) is 0 Å². The third kappa shape index (κ3) is 2.82. The highest BCUT2D eigenvalue weighted by Crippen LogP contribution is 2.32. The second kappa shape index (κ2) is 6.47. The number of benzene rings is 2. The Kier molecular flexibility index (Phi) is 3.86. The van der Waals surface area contributed by atoms with Crippen molar-refractivity contribution in [3.63, 3.8) is 0 Å². The lowest BCUT2D eigenvalue weighted by molar-refractivity contribution is 1.28. The van der Waals surface area contributed by atoms with Gasteiger partial charge in [-0.1, -0.05) is 66.7 Å². The Morgan fingerprint density at radius 3 is 1.88 bits per heavy atom. The SMILES string of the molecule is c1ccc(-c2ccc(-c3cccnc3)nc2-c2ccccc2)cc1. The quantitative estimate of drug-likeness (QED) is 0.501. The van der Waals surface area contributed by atoms with Crippen molar-refractivity contribution in [2.75, 3.05) is 0 Å². The minimum absolute atomic E-state index is 0.932. The van der Waals surface area contributed by atoms with Crippen molar-refractivity contribution in [1.29, 1.82) is 0 Å². The van der Waals surface area contributed by atoms with E-state index in [4.69, 9.17) is 4.98 Å². The van der Waals surface area contributed by atoms with Crippen LogP contribution in [0.25, 0.3) is 33.6 Å². The highest BCUT2D eigenvalue weighted by atomic mass is 14.7. The van der Waals surface area contributed by atoms with Crippen LogP contribution in [0.1, 0.15) is 0 Å². The highest BCUT2D eigenvalue weighted by molar-refractivity contribution is 5.82. The predicted molar refractivity (Wildman–Crippen MR) is 98.3 cm³/mol. The maximum Gasteiger partial charge on any atom is 0.0787 e. The average molecular weight is 308 g/mol. The van der Waals surface area contributed by atoms with E-state index in [1.54, 1.807) is 6.20 Å². The van der Waals surface area contributed by atoms with Crippen LogP contribution in [0, 0.1) is 0 Å². The van der Waals surface area contributed by atoms with Crippen LogP contribution in [-0.4, -0.2) is 9.97 Å². The molecule has 0 radical (unpaired) electrons. The van der Waals surface area contributed by atoms with Crippen molar-refractivity contribution >= 4 is 0 Å². The van der Waals surface area contributed by atoms with Gasteiger partial charge in [0.2, 0.25) is 0 Å². The summed E-state index contributed by atoms with van der Waals surface area (Å²) in [6.45, 7) is 0. The van der Waals surface area contributed by atoms with Crippen LogP contribution in [0.2, 0.25) is 0 Å². The smallest absolute Gasteiger partial charge is 0.0787 e. The molecule has 2 heteroatoms. The first-order valence-electron chi connectivity index (χ1n) is 7.94. The summed E-state index contributed by atoms with van der Waals surface area (Å²) in [4.78, 5) is 9.15. The standard InChI is InChI=1S/C22H16N2/c1-3-8-17(9-4-1)20-13-14-21(19-12-7-15-23-16-19)24-22(20)18-10-5-2-6-11-18/h1-16H. The molecule has 0 unspecified atom stereocenters. The second-order valence-electron chi connectivity index (χ2n) is 5.57. The fraction of sp³-hybridized carbons (Fsp3) is 0. The number of pyridine rings is 2. The topological polar surface area (TPSA) is 25.8 Å². The van der Waals surface area contributed by atoms with Crippen molar-refractivity contribution < 1.29 is 0 Å². The van der Waals surface area contributed by atoms with Crippen LogP contribution >= 0.6 is 0 Å². The van der Waals surface area contributed by atoms with E-state index >= 15 is 0 Å². The molecule has 24 heavy (non-hydrogen) atoms. The summed E-state index contributed by atoms with van der Waals surface area (Å²) in [6, 6.07) is 28.9. The molecule has 0 atom stereocenters. The summed E-state index contributed by atoms with van der Waals surface area (Å²) in [7, 11) is 0. The van der Waals surface area contributed by atoms with Gasteiger partial charge >= 0.3 is 0 Å². The zero-order chi connectivity index (χ0) is 16.2. The fourth-order valence-corrected chi connectivity index (χ4v) is 2.80. The summed E-state index contributed by atoms with van der Waals surface area (Å²) in [5, 5.41) is 0. The van der Waals surface area contributed by atoms with Crippen LogP contribution in [0.15, 0.2) is 97.3 Å².